The topological polar surface area (TPSA) is 57.8 Å². The van der Waals surface area contributed by atoms with Gasteiger partial charge in [0.15, 0.2) is 0 Å². The lowest BCUT2D eigenvalue weighted by Crippen LogP contribution is -1.92. The number of aromatic amines is 1. The molecule has 0 aliphatic heterocycles. The molecule has 0 fully saturated rings. The molecular formula is C4H5N3O. The van der Waals surface area contributed by atoms with Gasteiger partial charge >= 0.3 is 0 Å². The van der Waals surface area contributed by atoms with Crippen LogP contribution >= 0.6 is 0 Å². The number of carbonyl (C=O) groups excluding carboxylic acids is 1. The molecular weight excluding hydrogens is 106 g/mol. The van der Waals surface area contributed by atoms with Gasteiger partial charge in [-0.3, -0.25) is 9.89 Å². The van der Waals surface area contributed by atoms with Crippen LogP contribution in [0.2, 0.25) is 0 Å². The quantitative estimate of drug-likeness (QED) is 0.527. The molecule has 0 saturated heterocycles. The highest BCUT2D eigenvalue weighted by molar-refractivity contribution is 5.68. The summed E-state index contributed by atoms with van der Waals surface area (Å²) in [6.07, 6.45) is 2.15. The first-order valence-electron chi connectivity index (χ1n) is 2.13. The molecule has 0 aliphatic rings. The number of anilines is 1. The second kappa shape index (κ2) is 2.11. The Morgan fingerprint density at radius 1 is 1.88 bits per heavy atom. The van der Waals surface area contributed by atoms with Crippen molar-refractivity contribution in [3.63, 3.8) is 0 Å². The van der Waals surface area contributed by atoms with E-state index >= 15 is 0 Å². The lowest BCUT2D eigenvalue weighted by Gasteiger charge is -1.85. The van der Waals surface area contributed by atoms with Gasteiger partial charge in [0.1, 0.15) is 5.82 Å². The van der Waals surface area contributed by atoms with Crippen LogP contribution in [0.4, 0.5) is 5.82 Å². The minimum absolute atomic E-state index is 0.591. The standard InChI is InChI=1S/C4H5N3O/c8-3-5-4-1-2-6-7-4/h1-3H,(H2,5,6,7,8). The highest BCUT2D eigenvalue weighted by Gasteiger charge is 1.84. The molecule has 0 saturated carbocycles. The average molecular weight is 111 g/mol. The van der Waals surface area contributed by atoms with Gasteiger partial charge in [-0.25, -0.2) is 0 Å². The average Bonchev–Trinajstić information content (AvgIpc) is 2.19. The van der Waals surface area contributed by atoms with Crippen molar-refractivity contribution in [2.75, 3.05) is 5.32 Å². The zero-order valence-corrected chi connectivity index (χ0v) is 4.09. The van der Waals surface area contributed by atoms with Crippen LogP contribution in [0, 0.1) is 0 Å². The Morgan fingerprint density at radius 2 is 2.75 bits per heavy atom. The van der Waals surface area contributed by atoms with Crippen LogP contribution in [0.25, 0.3) is 0 Å². The molecule has 1 aromatic rings. The maximum Gasteiger partial charge on any atom is 0.212 e. The van der Waals surface area contributed by atoms with Crippen molar-refractivity contribution in [3.05, 3.63) is 12.3 Å². The summed E-state index contributed by atoms with van der Waals surface area (Å²) in [7, 11) is 0. The fourth-order valence-electron chi connectivity index (χ4n) is 0.400. The van der Waals surface area contributed by atoms with Crippen LogP contribution in [0.3, 0.4) is 0 Å². The van der Waals surface area contributed by atoms with Crippen LogP contribution in [-0.4, -0.2) is 16.6 Å². The van der Waals surface area contributed by atoms with Crippen LogP contribution < -0.4 is 5.32 Å². The molecule has 0 bridgehead atoms. The Hall–Kier alpha value is -1.32. The van der Waals surface area contributed by atoms with Crippen LogP contribution in [0.1, 0.15) is 0 Å². The Labute approximate surface area is 45.9 Å². The Morgan fingerprint density at radius 3 is 3.25 bits per heavy atom. The molecule has 1 heterocycles. The largest absolute Gasteiger partial charge is 0.314 e. The minimum Gasteiger partial charge on any atom is -0.314 e. The monoisotopic (exact) mass is 111 g/mol. The van der Waals surface area contributed by atoms with Crippen molar-refractivity contribution in [2.45, 2.75) is 0 Å². The Bertz CT molecular complexity index is 158. The molecule has 4 heteroatoms. The van der Waals surface area contributed by atoms with Gasteiger partial charge < -0.3 is 5.32 Å². The van der Waals surface area contributed by atoms with E-state index in [2.05, 4.69) is 15.5 Å². The minimum atomic E-state index is 0.591. The maximum absolute atomic E-state index is 9.71. The van der Waals surface area contributed by atoms with Crippen molar-refractivity contribution >= 4 is 12.2 Å². The van der Waals surface area contributed by atoms with E-state index < -0.39 is 0 Å². The highest BCUT2D eigenvalue weighted by Crippen LogP contribution is 1.93. The van der Waals surface area contributed by atoms with E-state index in [1.54, 1.807) is 12.3 Å². The van der Waals surface area contributed by atoms with Gasteiger partial charge in [0.2, 0.25) is 6.41 Å². The Kier molecular flexibility index (Phi) is 1.27. The number of aromatic nitrogens is 2. The summed E-state index contributed by atoms with van der Waals surface area (Å²) in [6, 6.07) is 1.66. The van der Waals surface area contributed by atoms with Gasteiger partial charge in [0.25, 0.3) is 0 Å². The second-order valence-electron chi connectivity index (χ2n) is 1.23. The third kappa shape index (κ3) is 0.841. The van der Waals surface area contributed by atoms with Gasteiger partial charge in [0.05, 0.1) is 6.20 Å². The molecule has 1 rings (SSSR count). The smallest absolute Gasteiger partial charge is 0.212 e. The number of hydrogen-bond donors (Lipinski definition) is 2. The van der Waals surface area contributed by atoms with Gasteiger partial charge in [-0.1, -0.05) is 0 Å². The molecule has 1 aromatic heterocycles. The first-order chi connectivity index (χ1) is 3.93. The van der Waals surface area contributed by atoms with E-state index in [1.165, 1.54) is 0 Å². The number of nitrogens with zero attached hydrogens (tertiary/aromatic N) is 1. The summed E-state index contributed by atoms with van der Waals surface area (Å²) in [5.74, 6) is 0.611. The van der Waals surface area contributed by atoms with E-state index in [0.29, 0.717) is 12.2 Å². The number of nitrogens with one attached hydrogen (secondary N) is 2. The summed E-state index contributed by atoms with van der Waals surface area (Å²) in [5, 5.41) is 8.53. The van der Waals surface area contributed by atoms with Crippen molar-refractivity contribution < 1.29 is 4.79 Å². The van der Waals surface area contributed by atoms with Crippen LogP contribution in [0.5, 0.6) is 0 Å². The summed E-state index contributed by atoms with van der Waals surface area (Å²) >= 11 is 0. The molecule has 0 atom stereocenters. The van der Waals surface area contributed by atoms with E-state index in [9.17, 15) is 4.79 Å². The number of rotatable bonds is 2. The summed E-state index contributed by atoms with van der Waals surface area (Å²) < 4.78 is 0. The summed E-state index contributed by atoms with van der Waals surface area (Å²) in [6.45, 7) is 0. The number of hydrogen-bond acceptors (Lipinski definition) is 2. The summed E-state index contributed by atoms with van der Waals surface area (Å²) in [4.78, 5) is 9.71. The molecule has 4 nitrogen and oxygen atoms in total. The third-order valence-corrected chi connectivity index (χ3v) is 0.715. The van der Waals surface area contributed by atoms with Crippen LogP contribution in [0.15, 0.2) is 12.3 Å². The second-order valence-corrected chi connectivity index (χ2v) is 1.23. The van der Waals surface area contributed by atoms with E-state index in [4.69, 9.17) is 0 Å². The van der Waals surface area contributed by atoms with Gasteiger partial charge in [0, 0.05) is 6.07 Å². The first kappa shape index (κ1) is 4.83. The SMILES string of the molecule is O=CNc1ccn[nH]1. The molecule has 0 spiro atoms. The van der Waals surface area contributed by atoms with Crippen LogP contribution in [-0.2, 0) is 4.79 Å². The maximum atomic E-state index is 9.71. The van der Waals surface area contributed by atoms with Gasteiger partial charge in [-0.2, -0.15) is 5.10 Å². The molecule has 2 N–H and O–H groups in total. The zero-order valence-electron chi connectivity index (χ0n) is 4.09. The van der Waals surface area contributed by atoms with Gasteiger partial charge in [-0.05, 0) is 0 Å². The fourth-order valence-corrected chi connectivity index (χ4v) is 0.400. The van der Waals surface area contributed by atoms with E-state index in [-0.39, 0.29) is 0 Å². The lowest BCUT2D eigenvalue weighted by atomic mass is 10.6. The molecule has 1 amide bonds. The number of amides is 1. The Balaban J connectivity index is 2.62. The third-order valence-electron chi connectivity index (χ3n) is 0.715. The number of H-pyrrole nitrogens is 1. The normalized spacial score (nSPS) is 8.50. The van der Waals surface area contributed by atoms with Gasteiger partial charge in [-0.15, -0.1) is 0 Å². The molecule has 0 aliphatic carbocycles. The molecule has 0 unspecified atom stereocenters. The van der Waals surface area contributed by atoms with Crippen molar-refractivity contribution in [2.24, 2.45) is 0 Å². The van der Waals surface area contributed by atoms with E-state index in [0.717, 1.165) is 0 Å². The fraction of sp³-hybridized carbons (Fsp3) is 0. The molecule has 0 radical (unpaired) electrons. The molecule has 42 valence electrons. The van der Waals surface area contributed by atoms with E-state index in [1.807, 2.05) is 0 Å². The first-order valence-corrected chi connectivity index (χ1v) is 2.13. The summed E-state index contributed by atoms with van der Waals surface area (Å²) in [5.41, 5.74) is 0. The van der Waals surface area contributed by atoms with Crippen molar-refractivity contribution in [1.82, 2.24) is 10.2 Å². The zero-order chi connectivity index (χ0) is 5.82. The highest BCUT2D eigenvalue weighted by atomic mass is 16.1. The molecule has 8 heavy (non-hydrogen) atoms. The predicted octanol–water partition coefficient (Wildman–Crippen LogP) is -0.0220. The van der Waals surface area contributed by atoms with Crippen molar-refractivity contribution in [1.29, 1.82) is 0 Å². The number of carbonyl (C=O) groups is 1. The van der Waals surface area contributed by atoms with Crippen molar-refractivity contribution in [3.8, 4) is 0 Å². The lowest BCUT2D eigenvalue weighted by molar-refractivity contribution is -0.105. The predicted molar refractivity (Wildman–Crippen MR) is 28.3 cm³/mol. The molecule has 0 aromatic carbocycles.